The number of non-ortho nitro benzene ring substituents is 1. The van der Waals surface area contributed by atoms with E-state index in [0.29, 0.717) is 0 Å². The molecule has 136 valence electrons. The van der Waals surface area contributed by atoms with Gasteiger partial charge >= 0.3 is 5.97 Å². The fraction of sp³-hybridized carbons (Fsp3) is 0.438. The van der Waals surface area contributed by atoms with Gasteiger partial charge in [0, 0.05) is 44.3 Å². The minimum absolute atomic E-state index is 0.00538. The molecule has 1 aromatic rings. The Morgan fingerprint density at radius 1 is 1.28 bits per heavy atom. The molecule has 0 saturated carbocycles. The summed E-state index contributed by atoms with van der Waals surface area (Å²) in [5, 5.41) is 13.4. The SMILES string of the molecule is CCOC(=O)CCN(CCNC(C)=O)C(=O)c1cccc([N+](=O)[O-])c1. The van der Waals surface area contributed by atoms with Crippen LogP contribution >= 0.6 is 0 Å². The Morgan fingerprint density at radius 2 is 2.00 bits per heavy atom. The van der Waals surface area contributed by atoms with Crippen LogP contribution in [0.2, 0.25) is 0 Å². The van der Waals surface area contributed by atoms with Gasteiger partial charge in [-0.3, -0.25) is 24.5 Å². The standard InChI is InChI=1S/C16H21N3O6/c1-3-25-15(21)7-9-18(10-8-17-12(2)20)16(22)13-5-4-6-14(11-13)19(23)24/h4-6,11H,3,7-10H2,1-2H3,(H,17,20). The molecule has 0 spiro atoms. The molecule has 0 fully saturated rings. The van der Waals surface area contributed by atoms with Gasteiger partial charge in [-0.25, -0.2) is 0 Å². The van der Waals surface area contributed by atoms with Crippen LogP contribution in [-0.2, 0) is 14.3 Å². The van der Waals surface area contributed by atoms with Crippen molar-refractivity contribution in [2.75, 3.05) is 26.2 Å². The van der Waals surface area contributed by atoms with E-state index in [1.807, 2.05) is 0 Å². The number of nitrogens with one attached hydrogen (secondary N) is 1. The highest BCUT2D eigenvalue weighted by Gasteiger charge is 2.19. The van der Waals surface area contributed by atoms with E-state index in [1.165, 1.54) is 36.1 Å². The second-order valence-electron chi connectivity index (χ2n) is 5.14. The summed E-state index contributed by atoms with van der Waals surface area (Å²) in [4.78, 5) is 46.7. The summed E-state index contributed by atoms with van der Waals surface area (Å²) in [5.41, 5.74) is -0.0565. The molecule has 1 N–H and O–H groups in total. The van der Waals surface area contributed by atoms with Crippen LogP contribution < -0.4 is 5.32 Å². The van der Waals surface area contributed by atoms with Crippen molar-refractivity contribution in [3.63, 3.8) is 0 Å². The van der Waals surface area contributed by atoms with Crippen molar-refractivity contribution in [1.29, 1.82) is 0 Å². The average Bonchev–Trinajstić information content (AvgIpc) is 2.57. The number of nitro benzene ring substituents is 1. The van der Waals surface area contributed by atoms with Crippen LogP contribution in [0.5, 0.6) is 0 Å². The van der Waals surface area contributed by atoms with Crippen molar-refractivity contribution in [2.24, 2.45) is 0 Å². The quantitative estimate of drug-likeness (QED) is 0.405. The van der Waals surface area contributed by atoms with Crippen LogP contribution in [0.15, 0.2) is 24.3 Å². The molecule has 9 heteroatoms. The molecule has 0 aromatic heterocycles. The summed E-state index contributed by atoms with van der Waals surface area (Å²) in [6, 6.07) is 5.35. The molecule has 9 nitrogen and oxygen atoms in total. The van der Waals surface area contributed by atoms with Crippen molar-refractivity contribution < 1.29 is 24.0 Å². The van der Waals surface area contributed by atoms with Gasteiger partial charge in [-0.05, 0) is 13.0 Å². The summed E-state index contributed by atoms with van der Waals surface area (Å²) in [7, 11) is 0. The predicted molar refractivity (Wildman–Crippen MR) is 88.9 cm³/mol. The third-order valence-electron chi connectivity index (χ3n) is 3.24. The zero-order valence-corrected chi connectivity index (χ0v) is 14.2. The van der Waals surface area contributed by atoms with Gasteiger partial charge in [-0.15, -0.1) is 0 Å². The lowest BCUT2D eigenvalue weighted by Gasteiger charge is -2.22. The van der Waals surface area contributed by atoms with E-state index in [-0.39, 0.29) is 49.8 Å². The highest BCUT2D eigenvalue weighted by Crippen LogP contribution is 2.15. The molecule has 1 rings (SSSR count). The van der Waals surface area contributed by atoms with Gasteiger partial charge in [-0.1, -0.05) is 6.07 Å². The topological polar surface area (TPSA) is 119 Å². The fourth-order valence-electron chi connectivity index (χ4n) is 2.08. The van der Waals surface area contributed by atoms with Gasteiger partial charge in [0.1, 0.15) is 0 Å². The molecule has 0 unspecified atom stereocenters. The highest BCUT2D eigenvalue weighted by atomic mass is 16.6. The Labute approximate surface area is 145 Å². The monoisotopic (exact) mass is 351 g/mol. The molecule has 0 aliphatic heterocycles. The first-order valence-corrected chi connectivity index (χ1v) is 7.79. The molecule has 0 saturated heterocycles. The Hall–Kier alpha value is -2.97. The number of ether oxygens (including phenoxy) is 1. The molecule has 0 aliphatic rings. The van der Waals surface area contributed by atoms with Crippen molar-refractivity contribution in [3.8, 4) is 0 Å². The number of carbonyl (C=O) groups excluding carboxylic acids is 3. The van der Waals surface area contributed by atoms with Crippen molar-refractivity contribution in [3.05, 3.63) is 39.9 Å². The summed E-state index contributed by atoms with van der Waals surface area (Å²) < 4.78 is 4.84. The van der Waals surface area contributed by atoms with Gasteiger partial charge in [0.2, 0.25) is 5.91 Å². The number of amides is 2. The maximum Gasteiger partial charge on any atom is 0.307 e. The molecule has 0 radical (unpaired) electrons. The average molecular weight is 351 g/mol. The smallest absolute Gasteiger partial charge is 0.307 e. The predicted octanol–water partition coefficient (Wildman–Crippen LogP) is 1.13. The van der Waals surface area contributed by atoms with E-state index in [9.17, 15) is 24.5 Å². The number of hydrogen-bond acceptors (Lipinski definition) is 6. The molecule has 0 heterocycles. The third kappa shape index (κ3) is 6.98. The number of nitro groups is 1. The van der Waals surface area contributed by atoms with Gasteiger partial charge in [0.25, 0.3) is 11.6 Å². The summed E-state index contributed by atoms with van der Waals surface area (Å²) >= 11 is 0. The zero-order valence-electron chi connectivity index (χ0n) is 14.2. The maximum absolute atomic E-state index is 12.6. The number of rotatable bonds is 9. The molecule has 0 atom stereocenters. The van der Waals surface area contributed by atoms with E-state index < -0.39 is 16.8 Å². The van der Waals surface area contributed by atoms with Crippen LogP contribution in [0.3, 0.4) is 0 Å². The van der Waals surface area contributed by atoms with Gasteiger partial charge in [-0.2, -0.15) is 0 Å². The van der Waals surface area contributed by atoms with Crippen LogP contribution in [0, 0.1) is 10.1 Å². The molecular weight excluding hydrogens is 330 g/mol. The van der Waals surface area contributed by atoms with E-state index >= 15 is 0 Å². The Bertz CT molecular complexity index is 647. The van der Waals surface area contributed by atoms with E-state index in [4.69, 9.17) is 4.74 Å². The van der Waals surface area contributed by atoms with E-state index in [2.05, 4.69) is 5.32 Å². The van der Waals surface area contributed by atoms with Crippen LogP contribution in [-0.4, -0.2) is 53.8 Å². The number of carbonyl (C=O) groups is 3. The molecule has 0 bridgehead atoms. The lowest BCUT2D eigenvalue weighted by Crippen LogP contribution is -2.39. The summed E-state index contributed by atoms with van der Waals surface area (Å²) in [5.74, 6) is -1.15. The number of hydrogen-bond donors (Lipinski definition) is 1. The molecule has 25 heavy (non-hydrogen) atoms. The van der Waals surface area contributed by atoms with Crippen LogP contribution in [0.4, 0.5) is 5.69 Å². The first-order chi connectivity index (χ1) is 11.8. The summed E-state index contributed by atoms with van der Waals surface area (Å²) in [6.07, 6.45) is -0.00538. The molecule has 1 aromatic carbocycles. The Morgan fingerprint density at radius 3 is 2.60 bits per heavy atom. The summed E-state index contributed by atoms with van der Waals surface area (Å²) in [6.45, 7) is 3.73. The molecule has 2 amide bonds. The first kappa shape index (κ1) is 20.1. The number of nitrogens with zero attached hydrogens (tertiary/aromatic N) is 2. The Kier molecular flexibility index (Phi) is 8.04. The van der Waals surface area contributed by atoms with E-state index in [1.54, 1.807) is 6.92 Å². The van der Waals surface area contributed by atoms with Crippen molar-refractivity contribution in [2.45, 2.75) is 20.3 Å². The first-order valence-electron chi connectivity index (χ1n) is 7.79. The lowest BCUT2D eigenvalue weighted by molar-refractivity contribution is -0.384. The number of benzene rings is 1. The minimum atomic E-state index is -0.586. The van der Waals surface area contributed by atoms with E-state index in [0.717, 1.165) is 0 Å². The molecular formula is C16H21N3O6. The van der Waals surface area contributed by atoms with Gasteiger partial charge < -0.3 is 15.0 Å². The largest absolute Gasteiger partial charge is 0.466 e. The van der Waals surface area contributed by atoms with Gasteiger partial charge in [0.15, 0.2) is 0 Å². The van der Waals surface area contributed by atoms with Crippen LogP contribution in [0.25, 0.3) is 0 Å². The zero-order chi connectivity index (χ0) is 18.8. The van der Waals surface area contributed by atoms with Crippen molar-refractivity contribution in [1.82, 2.24) is 10.2 Å². The normalized spacial score (nSPS) is 10.0. The Balaban J connectivity index is 2.86. The fourth-order valence-corrected chi connectivity index (χ4v) is 2.08. The van der Waals surface area contributed by atoms with Gasteiger partial charge in [0.05, 0.1) is 18.0 Å². The third-order valence-corrected chi connectivity index (χ3v) is 3.24. The second-order valence-corrected chi connectivity index (χ2v) is 5.14. The lowest BCUT2D eigenvalue weighted by atomic mass is 10.1. The van der Waals surface area contributed by atoms with Crippen molar-refractivity contribution >= 4 is 23.5 Å². The van der Waals surface area contributed by atoms with Crippen LogP contribution in [0.1, 0.15) is 30.6 Å². The minimum Gasteiger partial charge on any atom is -0.466 e. The highest BCUT2D eigenvalue weighted by molar-refractivity contribution is 5.95. The molecule has 0 aliphatic carbocycles. The maximum atomic E-state index is 12.6. The second kappa shape index (κ2) is 10.0. The number of esters is 1.